The van der Waals surface area contributed by atoms with Gasteiger partial charge in [-0.1, -0.05) is 49.1 Å². The molecule has 142 valence electrons. The third-order valence-electron chi connectivity index (χ3n) is 4.30. The number of primary amides is 1. The van der Waals surface area contributed by atoms with Crippen molar-refractivity contribution in [1.29, 1.82) is 0 Å². The van der Waals surface area contributed by atoms with Crippen molar-refractivity contribution in [2.45, 2.75) is 50.6 Å². The number of rotatable bonds is 7. The van der Waals surface area contributed by atoms with Gasteiger partial charge in [0.25, 0.3) is 5.91 Å². The summed E-state index contributed by atoms with van der Waals surface area (Å²) in [5.41, 5.74) is 5.73. The van der Waals surface area contributed by atoms with Crippen LogP contribution in [0.3, 0.4) is 0 Å². The highest BCUT2D eigenvalue weighted by Gasteiger charge is 2.22. The van der Waals surface area contributed by atoms with Crippen molar-refractivity contribution in [3.05, 3.63) is 34.9 Å². The summed E-state index contributed by atoms with van der Waals surface area (Å²) in [4.78, 5) is 35.2. The zero-order chi connectivity index (χ0) is 18.9. The van der Waals surface area contributed by atoms with Crippen molar-refractivity contribution in [2.75, 3.05) is 6.61 Å². The summed E-state index contributed by atoms with van der Waals surface area (Å²) >= 11 is 6.11. The Morgan fingerprint density at radius 3 is 2.54 bits per heavy atom. The molecule has 1 atom stereocenters. The van der Waals surface area contributed by atoms with Crippen LogP contribution in [0.5, 0.6) is 0 Å². The Hall–Kier alpha value is -2.28. The molecule has 0 unspecified atom stereocenters. The lowest BCUT2D eigenvalue weighted by atomic mass is 9.95. The molecule has 26 heavy (non-hydrogen) atoms. The molecule has 0 bridgehead atoms. The lowest BCUT2D eigenvalue weighted by Crippen LogP contribution is -2.39. The van der Waals surface area contributed by atoms with Gasteiger partial charge in [0, 0.05) is 11.1 Å². The molecule has 4 N–H and O–H groups in total. The number of carbonyl (C=O) groups excluding carboxylic acids is 3. The molecule has 1 aliphatic carbocycles. The van der Waals surface area contributed by atoms with E-state index in [2.05, 4.69) is 10.6 Å². The van der Waals surface area contributed by atoms with Crippen molar-refractivity contribution < 1.29 is 19.1 Å². The van der Waals surface area contributed by atoms with Gasteiger partial charge in [-0.2, -0.15) is 0 Å². The van der Waals surface area contributed by atoms with E-state index in [-0.39, 0.29) is 25.0 Å². The largest absolute Gasteiger partial charge is 0.456 e. The predicted molar refractivity (Wildman–Crippen MR) is 97.5 cm³/mol. The minimum Gasteiger partial charge on any atom is -0.456 e. The van der Waals surface area contributed by atoms with Gasteiger partial charge < -0.3 is 21.1 Å². The van der Waals surface area contributed by atoms with Gasteiger partial charge >= 0.3 is 12.0 Å². The van der Waals surface area contributed by atoms with E-state index in [9.17, 15) is 14.4 Å². The standard InChI is InChI=1S/C18H24ClN3O4/c19-14-9-5-4-8-13(14)15(22-18(20)25)10-17(24)26-11-16(23)21-12-6-2-1-3-7-12/h4-5,8-9,12,15H,1-3,6-7,10-11H2,(H,21,23)(H3,20,22,25)/t15-/m1/s1. The van der Waals surface area contributed by atoms with Gasteiger partial charge in [0.1, 0.15) is 0 Å². The first kappa shape index (κ1) is 20.0. The molecule has 0 aromatic heterocycles. The summed E-state index contributed by atoms with van der Waals surface area (Å²) in [5.74, 6) is -0.940. The Morgan fingerprint density at radius 1 is 1.19 bits per heavy atom. The Balaban J connectivity index is 1.85. The second kappa shape index (κ2) is 10.0. The number of hydrogen-bond donors (Lipinski definition) is 3. The number of halogens is 1. The second-order valence-electron chi connectivity index (χ2n) is 6.35. The van der Waals surface area contributed by atoms with Crippen molar-refractivity contribution in [2.24, 2.45) is 5.73 Å². The molecule has 8 heteroatoms. The maximum atomic E-state index is 12.1. The normalized spacial score (nSPS) is 15.7. The van der Waals surface area contributed by atoms with E-state index < -0.39 is 18.0 Å². The molecule has 0 saturated heterocycles. The molecule has 0 aliphatic heterocycles. The third-order valence-corrected chi connectivity index (χ3v) is 4.65. The number of benzene rings is 1. The fourth-order valence-electron chi connectivity index (χ4n) is 3.06. The van der Waals surface area contributed by atoms with E-state index in [0.29, 0.717) is 10.6 Å². The van der Waals surface area contributed by atoms with Crippen LogP contribution in [0.1, 0.15) is 50.1 Å². The molecule has 1 aromatic carbocycles. The van der Waals surface area contributed by atoms with E-state index in [4.69, 9.17) is 22.1 Å². The van der Waals surface area contributed by atoms with E-state index in [1.165, 1.54) is 6.42 Å². The molecule has 3 amide bonds. The summed E-state index contributed by atoms with van der Waals surface area (Å²) in [6.07, 6.45) is 5.13. The summed E-state index contributed by atoms with van der Waals surface area (Å²) in [7, 11) is 0. The van der Waals surface area contributed by atoms with Gasteiger partial charge in [-0.25, -0.2) is 4.79 Å². The number of carbonyl (C=O) groups is 3. The van der Waals surface area contributed by atoms with Gasteiger partial charge in [0.05, 0.1) is 12.5 Å². The van der Waals surface area contributed by atoms with Crippen LogP contribution in [0.25, 0.3) is 0 Å². The highest BCUT2D eigenvalue weighted by Crippen LogP contribution is 2.25. The molecule has 2 rings (SSSR count). The number of nitrogens with one attached hydrogen (secondary N) is 2. The second-order valence-corrected chi connectivity index (χ2v) is 6.76. The molecular weight excluding hydrogens is 358 g/mol. The van der Waals surface area contributed by atoms with Gasteiger partial charge in [-0.15, -0.1) is 0 Å². The first-order valence-corrected chi connectivity index (χ1v) is 9.09. The van der Waals surface area contributed by atoms with Crippen LogP contribution in [0.4, 0.5) is 4.79 Å². The number of ether oxygens (including phenoxy) is 1. The van der Waals surface area contributed by atoms with E-state index in [0.717, 1.165) is 25.7 Å². The number of esters is 1. The van der Waals surface area contributed by atoms with Crippen molar-refractivity contribution in [3.63, 3.8) is 0 Å². The minimum atomic E-state index is -0.780. The first-order valence-electron chi connectivity index (χ1n) is 8.71. The maximum absolute atomic E-state index is 12.1. The van der Waals surface area contributed by atoms with Gasteiger partial charge in [0.2, 0.25) is 0 Å². The average molecular weight is 382 g/mol. The first-order chi connectivity index (χ1) is 12.5. The number of amides is 3. The topological polar surface area (TPSA) is 111 Å². The zero-order valence-electron chi connectivity index (χ0n) is 14.5. The van der Waals surface area contributed by atoms with Crippen molar-refractivity contribution >= 4 is 29.5 Å². The number of nitrogens with two attached hydrogens (primary N) is 1. The average Bonchev–Trinajstić information content (AvgIpc) is 2.60. The van der Waals surface area contributed by atoms with E-state index >= 15 is 0 Å². The van der Waals surface area contributed by atoms with Crippen LogP contribution >= 0.6 is 11.6 Å². The van der Waals surface area contributed by atoms with Gasteiger partial charge in [-0.3, -0.25) is 9.59 Å². The van der Waals surface area contributed by atoms with Crippen LogP contribution < -0.4 is 16.4 Å². The summed E-state index contributed by atoms with van der Waals surface area (Å²) in [6.45, 7) is -0.346. The molecule has 0 spiro atoms. The molecule has 1 fully saturated rings. The smallest absolute Gasteiger partial charge is 0.312 e. The van der Waals surface area contributed by atoms with Crippen molar-refractivity contribution in [3.8, 4) is 0 Å². The molecule has 7 nitrogen and oxygen atoms in total. The Kier molecular flexibility index (Phi) is 7.72. The monoisotopic (exact) mass is 381 g/mol. The highest BCUT2D eigenvalue weighted by molar-refractivity contribution is 6.31. The molecule has 1 aliphatic rings. The van der Waals surface area contributed by atoms with Crippen LogP contribution in [-0.2, 0) is 14.3 Å². The summed E-state index contributed by atoms with van der Waals surface area (Å²) in [6, 6.07) is 5.46. The van der Waals surface area contributed by atoms with Crippen molar-refractivity contribution in [1.82, 2.24) is 10.6 Å². The number of urea groups is 1. The summed E-state index contributed by atoms with van der Waals surface area (Å²) in [5, 5.41) is 5.75. The van der Waals surface area contributed by atoms with E-state index in [1.807, 2.05) is 0 Å². The molecule has 0 radical (unpaired) electrons. The Bertz CT molecular complexity index is 647. The fraction of sp³-hybridized carbons (Fsp3) is 0.500. The van der Waals surface area contributed by atoms with E-state index in [1.54, 1.807) is 24.3 Å². The van der Waals surface area contributed by atoms with Gasteiger partial charge in [0.15, 0.2) is 6.61 Å². The number of hydrogen-bond acceptors (Lipinski definition) is 4. The zero-order valence-corrected chi connectivity index (χ0v) is 15.3. The molecule has 1 aromatic rings. The quantitative estimate of drug-likeness (QED) is 0.630. The highest BCUT2D eigenvalue weighted by atomic mass is 35.5. The third kappa shape index (κ3) is 6.55. The van der Waals surface area contributed by atoms with Crippen LogP contribution in [0.2, 0.25) is 5.02 Å². The molecule has 1 saturated carbocycles. The molecular formula is C18H24ClN3O4. The Morgan fingerprint density at radius 2 is 1.88 bits per heavy atom. The molecule has 0 heterocycles. The summed E-state index contributed by atoms with van der Waals surface area (Å²) < 4.78 is 5.03. The fourth-order valence-corrected chi connectivity index (χ4v) is 3.32. The lowest BCUT2D eigenvalue weighted by Gasteiger charge is -2.22. The van der Waals surface area contributed by atoms with Crippen LogP contribution in [0, 0.1) is 0 Å². The van der Waals surface area contributed by atoms with Gasteiger partial charge in [-0.05, 0) is 24.5 Å². The maximum Gasteiger partial charge on any atom is 0.312 e. The lowest BCUT2D eigenvalue weighted by molar-refractivity contribution is -0.149. The minimum absolute atomic E-state index is 0.155. The SMILES string of the molecule is NC(=O)N[C@H](CC(=O)OCC(=O)NC1CCCCC1)c1ccccc1Cl. The van der Waals surface area contributed by atoms with Crippen LogP contribution in [0.15, 0.2) is 24.3 Å². The predicted octanol–water partition coefficient (Wildman–Crippen LogP) is 2.43. The Labute approximate surface area is 157 Å². The van der Waals surface area contributed by atoms with Crippen LogP contribution in [-0.4, -0.2) is 30.6 Å².